The van der Waals surface area contributed by atoms with E-state index in [1.807, 2.05) is 11.8 Å². The van der Waals surface area contributed by atoms with Crippen LogP contribution in [0.1, 0.15) is 18.1 Å². The molecule has 0 aliphatic carbocycles. The maximum atomic E-state index is 13.0. The third-order valence-corrected chi connectivity index (χ3v) is 3.39. The van der Waals surface area contributed by atoms with Crippen molar-refractivity contribution in [1.82, 2.24) is 10.2 Å². The Hall–Kier alpha value is -1.14. The fourth-order valence-electron chi connectivity index (χ4n) is 2.29. The smallest absolute Gasteiger partial charge is 0.314 e. The summed E-state index contributed by atoms with van der Waals surface area (Å²) in [5.41, 5.74) is -0.749. The Bertz CT molecular complexity index is 445. The van der Waals surface area contributed by atoms with E-state index in [0.29, 0.717) is 12.6 Å². The Kier molecular flexibility index (Phi) is 4.10. The molecule has 1 aromatic carbocycles. The van der Waals surface area contributed by atoms with Crippen molar-refractivity contribution in [2.24, 2.45) is 0 Å². The lowest BCUT2D eigenvalue weighted by atomic mass is 10.0. The van der Waals surface area contributed by atoms with Crippen molar-refractivity contribution in [2.75, 3.05) is 19.6 Å². The molecule has 1 fully saturated rings. The average Bonchev–Trinajstić information content (AvgIpc) is 2.33. The lowest BCUT2D eigenvalue weighted by Crippen LogP contribution is -2.49. The standard InChI is InChI=1S/C13H16F4N2/c1-9-7-18-4-5-19(9)8-10-2-3-11(14)6-12(10)13(15,16)17/h2-3,6,9,18H,4-5,7-8H2,1H3. The highest BCUT2D eigenvalue weighted by atomic mass is 19.4. The fraction of sp³-hybridized carbons (Fsp3) is 0.538. The van der Waals surface area contributed by atoms with Crippen molar-refractivity contribution in [3.05, 3.63) is 35.1 Å². The van der Waals surface area contributed by atoms with Gasteiger partial charge in [0, 0.05) is 32.2 Å². The Balaban J connectivity index is 2.24. The molecule has 6 heteroatoms. The first-order valence-electron chi connectivity index (χ1n) is 6.18. The van der Waals surface area contributed by atoms with Gasteiger partial charge >= 0.3 is 6.18 Å². The van der Waals surface area contributed by atoms with Crippen molar-refractivity contribution in [1.29, 1.82) is 0 Å². The molecule has 0 amide bonds. The molecule has 1 aliphatic rings. The van der Waals surface area contributed by atoms with Crippen molar-refractivity contribution >= 4 is 0 Å². The van der Waals surface area contributed by atoms with Gasteiger partial charge in [-0.05, 0) is 24.6 Å². The van der Waals surface area contributed by atoms with E-state index in [-0.39, 0.29) is 18.2 Å². The second-order valence-corrected chi connectivity index (χ2v) is 4.82. The van der Waals surface area contributed by atoms with Gasteiger partial charge in [-0.3, -0.25) is 4.90 Å². The molecule has 1 atom stereocenters. The monoisotopic (exact) mass is 276 g/mol. The summed E-state index contributed by atoms with van der Waals surface area (Å²) in [4.78, 5) is 1.97. The van der Waals surface area contributed by atoms with Crippen molar-refractivity contribution in [3.63, 3.8) is 0 Å². The van der Waals surface area contributed by atoms with E-state index in [1.54, 1.807) is 0 Å². The largest absolute Gasteiger partial charge is 0.416 e. The van der Waals surface area contributed by atoms with Crippen LogP contribution in [0, 0.1) is 5.82 Å². The molecule has 106 valence electrons. The zero-order valence-corrected chi connectivity index (χ0v) is 10.6. The molecule has 0 bridgehead atoms. The number of hydrogen-bond donors (Lipinski definition) is 1. The maximum Gasteiger partial charge on any atom is 0.416 e. The quantitative estimate of drug-likeness (QED) is 0.835. The van der Waals surface area contributed by atoms with Gasteiger partial charge < -0.3 is 5.32 Å². The van der Waals surface area contributed by atoms with Crippen LogP contribution in [0.3, 0.4) is 0 Å². The summed E-state index contributed by atoms with van der Waals surface area (Å²) in [6, 6.07) is 3.05. The molecule has 0 aromatic heterocycles. The molecule has 1 saturated heterocycles. The predicted molar refractivity (Wildman–Crippen MR) is 64.1 cm³/mol. The van der Waals surface area contributed by atoms with Gasteiger partial charge in [0.1, 0.15) is 5.82 Å². The highest BCUT2D eigenvalue weighted by molar-refractivity contribution is 5.30. The first kappa shape index (κ1) is 14.3. The second-order valence-electron chi connectivity index (χ2n) is 4.82. The van der Waals surface area contributed by atoms with Gasteiger partial charge in [-0.15, -0.1) is 0 Å². The van der Waals surface area contributed by atoms with E-state index >= 15 is 0 Å². The van der Waals surface area contributed by atoms with Gasteiger partial charge in [0.2, 0.25) is 0 Å². The van der Waals surface area contributed by atoms with E-state index in [1.165, 1.54) is 6.07 Å². The third-order valence-electron chi connectivity index (χ3n) is 3.39. The number of rotatable bonds is 2. The lowest BCUT2D eigenvalue weighted by Gasteiger charge is -2.34. The summed E-state index contributed by atoms with van der Waals surface area (Å²) in [5, 5.41) is 3.18. The minimum absolute atomic E-state index is 0.127. The summed E-state index contributed by atoms with van der Waals surface area (Å²) in [6.07, 6.45) is -4.52. The molecular weight excluding hydrogens is 260 g/mol. The van der Waals surface area contributed by atoms with Crippen LogP contribution in [0.15, 0.2) is 18.2 Å². The molecule has 2 rings (SSSR count). The summed E-state index contributed by atoms with van der Waals surface area (Å²) in [6.45, 7) is 4.35. The minimum Gasteiger partial charge on any atom is -0.314 e. The first-order chi connectivity index (χ1) is 8.88. The molecule has 0 radical (unpaired) electrons. The van der Waals surface area contributed by atoms with E-state index < -0.39 is 17.6 Å². The van der Waals surface area contributed by atoms with Crippen LogP contribution >= 0.6 is 0 Å². The maximum absolute atomic E-state index is 13.0. The molecule has 1 heterocycles. The zero-order chi connectivity index (χ0) is 14.0. The molecule has 2 nitrogen and oxygen atoms in total. The van der Waals surface area contributed by atoms with Crippen LogP contribution in [0.25, 0.3) is 0 Å². The Morgan fingerprint density at radius 2 is 2.11 bits per heavy atom. The van der Waals surface area contributed by atoms with Crippen LogP contribution in [-0.2, 0) is 12.7 Å². The second kappa shape index (κ2) is 5.46. The summed E-state index contributed by atoms with van der Waals surface area (Å²) in [7, 11) is 0. The number of hydrogen-bond acceptors (Lipinski definition) is 2. The number of piperazine rings is 1. The van der Waals surface area contributed by atoms with E-state index in [0.717, 1.165) is 19.2 Å². The van der Waals surface area contributed by atoms with Crippen LogP contribution in [0.4, 0.5) is 17.6 Å². The number of halogens is 4. The minimum atomic E-state index is -4.52. The predicted octanol–water partition coefficient (Wildman–Crippen LogP) is 2.64. The average molecular weight is 276 g/mol. The molecule has 0 saturated carbocycles. The van der Waals surface area contributed by atoms with Gasteiger partial charge in [-0.2, -0.15) is 13.2 Å². The molecule has 1 aliphatic heterocycles. The highest BCUT2D eigenvalue weighted by Crippen LogP contribution is 2.33. The molecule has 1 unspecified atom stereocenters. The first-order valence-corrected chi connectivity index (χ1v) is 6.18. The van der Waals surface area contributed by atoms with Crippen LogP contribution in [-0.4, -0.2) is 30.6 Å². The van der Waals surface area contributed by atoms with Gasteiger partial charge in [-0.1, -0.05) is 6.07 Å². The SMILES string of the molecule is CC1CNCCN1Cc1ccc(F)cc1C(F)(F)F. The topological polar surface area (TPSA) is 15.3 Å². The van der Waals surface area contributed by atoms with Crippen molar-refractivity contribution in [3.8, 4) is 0 Å². The molecule has 1 N–H and O–H groups in total. The highest BCUT2D eigenvalue weighted by Gasteiger charge is 2.34. The van der Waals surface area contributed by atoms with Gasteiger partial charge in [0.15, 0.2) is 0 Å². The van der Waals surface area contributed by atoms with Crippen molar-refractivity contribution in [2.45, 2.75) is 25.7 Å². The zero-order valence-electron chi connectivity index (χ0n) is 10.6. The van der Waals surface area contributed by atoms with Gasteiger partial charge in [-0.25, -0.2) is 4.39 Å². The van der Waals surface area contributed by atoms with Crippen LogP contribution < -0.4 is 5.32 Å². The summed E-state index contributed by atoms with van der Waals surface area (Å²) < 4.78 is 51.7. The van der Waals surface area contributed by atoms with Crippen LogP contribution in [0.2, 0.25) is 0 Å². The number of benzene rings is 1. The van der Waals surface area contributed by atoms with E-state index in [4.69, 9.17) is 0 Å². The third kappa shape index (κ3) is 3.45. The molecule has 1 aromatic rings. The Morgan fingerprint density at radius 1 is 1.37 bits per heavy atom. The fourth-order valence-corrected chi connectivity index (χ4v) is 2.29. The number of alkyl halides is 3. The number of nitrogens with zero attached hydrogens (tertiary/aromatic N) is 1. The Labute approximate surface area is 109 Å². The van der Waals surface area contributed by atoms with Crippen molar-refractivity contribution < 1.29 is 17.6 Å². The lowest BCUT2D eigenvalue weighted by molar-refractivity contribution is -0.138. The van der Waals surface area contributed by atoms with Gasteiger partial charge in [0.25, 0.3) is 0 Å². The van der Waals surface area contributed by atoms with E-state index in [2.05, 4.69) is 5.32 Å². The van der Waals surface area contributed by atoms with Crippen LogP contribution in [0.5, 0.6) is 0 Å². The number of nitrogens with one attached hydrogen (secondary N) is 1. The summed E-state index contributed by atoms with van der Waals surface area (Å²) in [5.74, 6) is -0.857. The molecular formula is C13H16F4N2. The summed E-state index contributed by atoms with van der Waals surface area (Å²) >= 11 is 0. The normalized spacial score (nSPS) is 21.6. The van der Waals surface area contributed by atoms with E-state index in [9.17, 15) is 17.6 Å². The Morgan fingerprint density at radius 3 is 2.74 bits per heavy atom. The molecule has 19 heavy (non-hydrogen) atoms. The van der Waals surface area contributed by atoms with Gasteiger partial charge in [0.05, 0.1) is 5.56 Å². The molecule has 0 spiro atoms.